The molecule has 0 aliphatic heterocycles. The lowest BCUT2D eigenvalue weighted by Crippen LogP contribution is -2.20. The maximum Gasteiger partial charge on any atom is 0.149 e. The molecule has 0 spiro atoms. The quantitative estimate of drug-likeness (QED) is 0.216. The minimum absolute atomic E-state index is 0.0968. The van der Waals surface area contributed by atoms with Gasteiger partial charge in [0.2, 0.25) is 0 Å². The van der Waals surface area contributed by atoms with Crippen LogP contribution in [0.25, 0.3) is 0 Å². The van der Waals surface area contributed by atoms with Crippen LogP contribution < -0.4 is 24.3 Å². The van der Waals surface area contributed by atoms with E-state index in [1.165, 1.54) is 0 Å². The van der Waals surface area contributed by atoms with Gasteiger partial charge in [-0.25, -0.2) is 4.21 Å². The molecule has 0 aromatic heterocycles. The summed E-state index contributed by atoms with van der Waals surface area (Å²) >= 11 is 0. The van der Waals surface area contributed by atoms with Gasteiger partial charge in [0.1, 0.15) is 28.7 Å². The van der Waals surface area contributed by atoms with Crippen molar-refractivity contribution in [3.05, 3.63) is 102 Å². The summed E-state index contributed by atoms with van der Waals surface area (Å²) in [5.41, 5.74) is 3.84. The molecule has 4 aromatic carbocycles. The van der Waals surface area contributed by atoms with Crippen molar-refractivity contribution < 1.29 is 23.2 Å². The van der Waals surface area contributed by atoms with Crippen molar-refractivity contribution in [2.75, 3.05) is 33.8 Å². The maximum atomic E-state index is 13.8. The SMILES string of the molecule is COc1ccc([C@H](Nc2c(OC)cc(OC)cc2OC)[C@@H](C)c2ccccc2S(=O)c2ccc(C)cc2)cc1. The summed E-state index contributed by atoms with van der Waals surface area (Å²) in [6, 6.07) is 27.1. The van der Waals surface area contributed by atoms with Crippen molar-refractivity contribution in [2.24, 2.45) is 0 Å². The highest BCUT2D eigenvalue weighted by atomic mass is 32.2. The first-order valence-corrected chi connectivity index (χ1v) is 13.8. The molecule has 0 radical (unpaired) electrons. The summed E-state index contributed by atoms with van der Waals surface area (Å²) in [6.45, 7) is 4.16. The second kappa shape index (κ2) is 12.7. The van der Waals surface area contributed by atoms with Gasteiger partial charge in [0.05, 0.1) is 45.3 Å². The number of anilines is 1. The Kier molecular flexibility index (Phi) is 9.15. The van der Waals surface area contributed by atoms with Crippen LogP contribution in [-0.4, -0.2) is 32.6 Å². The number of hydrogen-bond donors (Lipinski definition) is 1. The average molecular weight is 546 g/mol. The highest BCUT2D eigenvalue weighted by Gasteiger charge is 2.27. The van der Waals surface area contributed by atoms with Gasteiger partial charge in [0.25, 0.3) is 0 Å². The number of methoxy groups -OCH3 is 4. The van der Waals surface area contributed by atoms with Gasteiger partial charge in [-0.1, -0.05) is 55.0 Å². The van der Waals surface area contributed by atoms with E-state index in [4.69, 9.17) is 18.9 Å². The van der Waals surface area contributed by atoms with E-state index in [9.17, 15) is 4.21 Å². The van der Waals surface area contributed by atoms with Crippen LogP contribution in [0.1, 0.15) is 35.6 Å². The third kappa shape index (κ3) is 6.20. The molecule has 3 atom stereocenters. The molecule has 7 heteroatoms. The van der Waals surface area contributed by atoms with Crippen LogP contribution >= 0.6 is 0 Å². The van der Waals surface area contributed by atoms with E-state index in [2.05, 4.69) is 12.2 Å². The van der Waals surface area contributed by atoms with Gasteiger partial charge >= 0.3 is 0 Å². The van der Waals surface area contributed by atoms with Gasteiger partial charge in [-0.2, -0.15) is 0 Å². The summed E-state index contributed by atoms with van der Waals surface area (Å²) in [7, 11) is 5.15. The van der Waals surface area contributed by atoms with E-state index in [-0.39, 0.29) is 12.0 Å². The molecule has 4 aromatic rings. The maximum absolute atomic E-state index is 13.8. The van der Waals surface area contributed by atoms with Gasteiger partial charge < -0.3 is 24.3 Å². The fourth-order valence-electron chi connectivity index (χ4n) is 4.61. The largest absolute Gasteiger partial charge is 0.497 e. The number of nitrogens with one attached hydrogen (secondary N) is 1. The number of hydrogen-bond acceptors (Lipinski definition) is 6. The Morgan fingerprint density at radius 2 is 1.31 bits per heavy atom. The lowest BCUT2D eigenvalue weighted by atomic mass is 9.88. The Labute approximate surface area is 233 Å². The lowest BCUT2D eigenvalue weighted by molar-refractivity contribution is 0.376. The minimum atomic E-state index is -1.34. The summed E-state index contributed by atoms with van der Waals surface area (Å²) in [5.74, 6) is 2.48. The van der Waals surface area contributed by atoms with Crippen molar-refractivity contribution in [3.63, 3.8) is 0 Å². The molecule has 39 heavy (non-hydrogen) atoms. The van der Waals surface area contributed by atoms with Crippen LogP contribution in [0.4, 0.5) is 5.69 Å². The van der Waals surface area contributed by atoms with Crippen LogP contribution in [0.15, 0.2) is 94.7 Å². The summed E-state index contributed by atoms with van der Waals surface area (Å²) in [4.78, 5) is 1.55. The molecular weight excluding hydrogens is 510 g/mol. The van der Waals surface area contributed by atoms with Crippen molar-refractivity contribution in [1.82, 2.24) is 0 Å². The van der Waals surface area contributed by atoms with E-state index in [0.29, 0.717) is 22.9 Å². The zero-order valence-electron chi connectivity index (χ0n) is 23.2. The van der Waals surface area contributed by atoms with Crippen LogP contribution in [0, 0.1) is 6.92 Å². The summed E-state index contributed by atoms with van der Waals surface area (Å²) in [5, 5.41) is 3.69. The molecule has 1 unspecified atom stereocenters. The highest BCUT2D eigenvalue weighted by Crippen LogP contribution is 2.44. The van der Waals surface area contributed by atoms with Crippen molar-refractivity contribution in [1.29, 1.82) is 0 Å². The Morgan fingerprint density at radius 1 is 0.718 bits per heavy atom. The summed E-state index contributed by atoms with van der Waals surface area (Å²) < 4.78 is 36.1. The predicted molar refractivity (Wildman–Crippen MR) is 156 cm³/mol. The Balaban J connectivity index is 1.82. The third-order valence-electron chi connectivity index (χ3n) is 6.83. The molecule has 204 valence electrons. The van der Waals surface area contributed by atoms with Gasteiger partial charge in [0.15, 0.2) is 0 Å². The third-order valence-corrected chi connectivity index (χ3v) is 8.31. The number of benzene rings is 4. The Bertz CT molecular complexity index is 1390. The molecule has 0 saturated carbocycles. The predicted octanol–water partition coefficient (Wildman–Crippen LogP) is 7.15. The van der Waals surface area contributed by atoms with E-state index in [1.807, 2.05) is 91.9 Å². The minimum Gasteiger partial charge on any atom is -0.497 e. The van der Waals surface area contributed by atoms with Crippen molar-refractivity contribution in [3.8, 4) is 23.0 Å². The molecule has 6 nitrogen and oxygen atoms in total. The average Bonchev–Trinajstić information content (AvgIpc) is 2.99. The van der Waals surface area contributed by atoms with Gasteiger partial charge in [-0.15, -0.1) is 0 Å². The van der Waals surface area contributed by atoms with Crippen LogP contribution in [0.3, 0.4) is 0 Å². The lowest BCUT2D eigenvalue weighted by Gasteiger charge is -2.30. The molecule has 1 N–H and O–H groups in total. The zero-order chi connectivity index (χ0) is 27.9. The Morgan fingerprint density at radius 3 is 1.87 bits per heavy atom. The van der Waals surface area contributed by atoms with E-state index in [0.717, 1.165) is 32.2 Å². The molecule has 0 aliphatic carbocycles. The standard InChI is InChI=1S/C32H35NO5S/c1-21-11-17-26(18-12-21)39(34)30-10-8-7-9-27(30)22(2)31(23-13-15-24(35-3)16-14-23)33-32-28(37-5)19-25(36-4)20-29(32)38-6/h7-20,22,31,33H,1-6H3/t22-,31+,39?/m0/s1. The van der Waals surface area contributed by atoms with Crippen LogP contribution in [0.5, 0.6) is 23.0 Å². The smallest absolute Gasteiger partial charge is 0.149 e. The molecular formula is C32H35NO5S. The Hall–Kier alpha value is -3.97. The second-order valence-electron chi connectivity index (χ2n) is 9.21. The van der Waals surface area contributed by atoms with E-state index >= 15 is 0 Å². The van der Waals surface area contributed by atoms with Crippen molar-refractivity contribution in [2.45, 2.75) is 35.6 Å². The molecule has 0 heterocycles. The fraction of sp³-hybridized carbons (Fsp3) is 0.250. The van der Waals surface area contributed by atoms with Gasteiger partial charge in [0, 0.05) is 27.8 Å². The number of ether oxygens (including phenoxy) is 4. The van der Waals surface area contributed by atoms with Crippen LogP contribution in [0.2, 0.25) is 0 Å². The molecule has 0 amide bonds. The number of aryl methyl sites for hydroxylation is 1. The molecule has 0 aliphatic rings. The normalized spacial score (nSPS) is 13.2. The first kappa shape index (κ1) is 28.0. The summed E-state index contributed by atoms with van der Waals surface area (Å²) in [6.07, 6.45) is 0. The fourth-order valence-corrected chi connectivity index (χ4v) is 5.91. The van der Waals surface area contributed by atoms with Gasteiger partial charge in [-0.05, 0) is 48.4 Å². The second-order valence-corrected chi connectivity index (χ2v) is 10.7. The van der Waals surface area contributed by atoms with E-state index in [1.54, 1.807) is 28.4 Å². The van der Waals surface area contributed by atoms with Crippen LogP contribution in [-0.2, 0) is 10.8 Å². The van der Waals surface area contributed by atoms with Gasteiger partial charge in [-0.3, -0.25) is 0 Å². The first-order valence-electron chi connectivity index (χ1n) is 12.7. The molecule has 0 bridgehead atoms. The molecule has 4 rings (SSSR count). The molecule has 0 saturated heterocycles. The first-order chi connectivity index (χ1) is 18.9. The monoisotopic (exact) mass is 545 g/mol. The molecule has 0 fully saturated rings. The number of rotatable bonds is 11. The van der Waals surface area contributed by atoms with E-state index < -0.39 is 10.8 Å². The topological polar surface area (TPSA) is 66.0 Å². The highest BCUT2D eigenvalue weighted by molar-refractivity contribution is 7.85. The zero-order valence-corrected chi connectivity index (χ0v) is 24.0. The van der Waals surface area contributed by atoms with Crippen molar-refractivity contribution >= 4 is 16.5 Å².